The molecule has 0 aromatic heterocycles. The fourth-order valence-corrected chi connectivity index (χ4v) is 3.74. The second-order valence-electron chi connectivity index (χ2n) is 7.93. The van der Waals surface area contributed by atoms with Gasteiger partial charge in [0.15, 0.2) is 5.96 Å². The first-order valence-corrected chi connectivity index (χ1v) is 10.6. The minimum Gasteiger partial charge on any atom is -0.497 e. The van der Waals surface area contributed by atoms with E-state index in [0.29, 0.717) is 0 Å². The molecule has 30 heavy (non-hydrogen) atoms. The molecule has 1 aliphatic heterocycles. The Morgan fingerprint density at radius 2 is 1.67 bits per heavy atom. The molecular formula is C24H34N4O2. The van der Waals surface area contributed by atoms with Gasteiger partial charge in [-0.1, -0.05) is 36.4 Å². The summed E-state index contributed by atoms with van der Waals surface area (Å²) in [7, 11) is 5.53. The summed E-state index contributed by atoms with van der Waals surface area (Å²) in [5, 5.41) is 13.1. The summed E-state index contributed by atoms with van der Waals surface area (Å²) in [5.74, 6) is 1.73. The van der Waals surface area contributed by atoms with Gasteiger partial charge in [-0.3, -0.25) is 9.89 Å². The van der Waals surface area contributed by atoms with Gasteiger partial charge in [-0.25, -0.2) is 0 Å². The van der Waals surface area contributed by atoms with Crippen LogP contribution in [0.1, 0.15) is 29.5 Å². The average Bonchev–Trinajstić information content (AvgIpc) is 2.77. The number of piperidine rings is 1. The summed E-state index contributed by atoms with van der Waals surface area (Å²) in [6, 6.07) is 16.9. The van der Waals surface area contributed by atoms with Crippen molar-refractivity contribution in [3.8, 4) is 5.75 Å². The Morgan fingerprint density at radius 3 is 2.27 bits per heavy atom. The van der Waals surface area contributed by atoms with Crippen molar-refractivity contribution in [2.24, 2.45) is 4.99 Å². The predicted octanol–water partition coefficient (Wildman–Crippen LogP) is 2.86. The third-order valence-corrected chi connectivity index (χ3v) is 5.59. The van der Waals surface area contributed by atoms with Crippen LogP contribution in [-0.4, -0.2) is 61.3 Å². The lowest BCUT2D eigenvalue weighted by Gasteiger charge is -2.29. The van der Waals surface area contributed by atoms with Gasteiger partial charge in [-0.2, -0.15) is 0 Å². The van der Waals surface area contributed by atoms with Crippen LogP contribution in [0, 0.1) is 0 Å². The Kier molecular flexibility index (Phi) is 8.11. The van der Waals surface area contributed by atoms with E-state index in [1.165, 1.54) is 16.7 Å². The van der Waals surface area contributed by atoms with Crippen molar-refractivity contribution in [2.45, 2.75) is 38.6 Å². The molecule has 0 spiro atoms. The molecule has 1 heterocycles. The number of hydrogen-bond acceptors (Lipinski definition) is 4. The molecule has 6 nitrogen and oxygen atoms in total. The number of aliphatic hydroxyl groups is 1. The van der Waals surface area contributed by atoms with E-state index in [-0.39, 0.29) is 6.10 Å². The molecule has 0 saturated carbocycles. The highest BCUT2D eigenvalue weighted by Gasteiger charge is 2.16. The van der Waals surface area contributed by atoms with Gasteiger partial charge in [0, 0.05) is 46.8 Å². The number of aliphatic hydroxyl groups excluding tert-OH is 1. The van der Waals surface area contributed by atoms with Crippen LogP contribution in [0.15, 0.2) is 53.5 Å². The van der Waals surface area contributed by atoms with Gasteiger partial charge >= 0.3 is 0 Å². The van der Waals surface area contributed by atoms with Gasteiger partial charge in [0.05, 0.1) is 13.2 Å². The van der Waals surface area contributed by atoms with E-state index in [2.05, 4.69) is 56.5 Å². The van der Waals surface area contributed by atoms with E-state index in [9.17, 15) is 5.11 Å². The van der Waals surface area contributed by atoms with Crippen LogP contribution in [0.5, 0.6) is 5.75 Å². The zero-order valence-electron chi connectivity index (χ0n) is 18.3. The largest absolute Gasteiger partial charge is 0.497 e. The van der Waals surface area contributed by atoms with Crippen molar-refractivity contribution >= 4 is 5.96 Å². The van der Waals surface area contributed by atoms with Crippen molar-refractivity contribution in [1.29, 1.82) is 0 Å². The second-order valence-corrected chi connectivity index (χ2v) is 7.93. The SMILES string of the molecule is CN=C(NCc1ccc(CN2CCC(O)CC2)cc1)N(C)Cc1ccc(OC)cc1. The highest BCUT2D eigenvalue weighted by Crippen LogP contribution is 2.15. The maximum Gasteiger partial charge on any atom is 0.193 e. The smallest absolute Gasteiger partial charge is 0.193 e. The molecule has 2 N–H and O–H groups in total. The van der Waals surface area contributed by atoms with E-state index >= 15 is 0 Å². The summed E-state index contributed by atoms with van der Waals surface area (Å²) in [6.07, 6.45) is 1.64. The molecule has 2 aromatic carbocycles. The number of guanidine groups is 1. The normalized spacial score (nSPS) is 15.8. The molecule has 1 fully saturated rings. The van der Waals surface area contributed by atoms with Gasteiger partial charge in [0.1, 0.15) is 5.75 Å². The summed E-state index contributed by atoms with van der Waals surface area (Å²) >= 11 is 0. The minimum atomic E-state index is -0.119. The molecule has 3 rings (SSSR count). The predicted molar refractivity (Wildman–Crippen MR) is 122 cm³/mol. The molecule has 162 valence electrons. The zero-order valence-corrected chi connectivity index (χ0v) is 18.3. The Balaban J connectivity index is 1.47. The zero-order chi connectivity index (χ0) is 21.3. The summed E-state index contributed by atoms with van der Waals surface area (Å²) in [6.45, 7) is 4.40. The number of benzene rings is 2. The Morgan fingerprint density at radius 1 is 1.07 bits per heavy atom. The molecule has 1 saturated heterocycles. The van der Waals surface area contributed by atoms with E-state index < -0.39 is 0 Å². The third-order valence-electron chi connectivity index (χ3n) is 5.59. The summed E-state index contributed by atoms with van der Waals surface area (Å²) in [4.78, 5) is 8.94. The number of aliphatic imine (C=N–C) groups is 1. The highest BCUT2D eigenvalue weighted by atomic mass is 16.5. The van der Waals surface area contributed by atoms with Gasteiger partial charge in [0.25, 0.3) is 0 Å². The molecule has 0 amide bonds. The van der Waals surface area contributed by atoms with Crippen LogP contribution in [0.25, 0.3) is 0 Å². The number of nitrogens with zero attached hydrogens (tertiary/aromatic N) is 3. The molecular weight excluding hydrogens is 376 g/mol. The molecule has 0 bridgehead atoms. The van der Waals surface area contributed by atoms with Crippen LogP contribution in [-0.2, 0) is 19.6 Å². The summed E-state index contributed by atoms with van der Waals surface area (Å²) in [5.41, 5.74) is 3.75. The molecule has 2 aromatic rings. The topological polar surface area (TPSA) is 60.3 Å². The van der Waals surface area contributed by atoms with E-state index in [1.807, 2.05) is 26.2 Å². The number of methoxy groups -OCH3 is 1. The van der Waals surface area contributed by atoms with E-state index in [1.54, 1.807) is 7.11 Å². The Bertz CT molecular complexity index is 797. The van der Waals surface area contributed by atoms with Crippen molar-refractivity contribution in [3.05, 3.63) is 65.2 Å². The first-order chi connectivity index (χ1) is 14.6. The van der Waals surface area contributed by atoms with Crippen molar-refractivity contribution in [2.75, 3.05) is 34.3 Å². The maximum absolute atomic E-state index is 9.64. The van der Waals surface area contributed by atoms with Crippen molar-refractivity contribution in [1.82, 2.24) is 15.1 Å². The second kappa shape index (κ2) is 11.0. The number of hydrogen-bond donors (Lipinski definition) is 2. The van der Waals surface area contributed by atoms with Crippen LogP contribution in [0.4, 0.5) is 0 Å². The number of ether oxygens (including phenoxy) is 1. The van der Waals surface area contributed by atoms with Crippen LogP contribution in [0.3, 0.4) is 0 Å². The molecule has 0 radical (unpaired) electrons. The molecule has 0 unspecified atom stereocenters. The van der Waals surface area contributed by atoms with Gasteiger partial charge in [-0.15, -0.1) is 0 Å². The standard InChI is InChI=1S/C24H34N4O2/c1-25-24(27(2)17-20-8-10-23(30-3)11-9-20)26-16-19-4-6-21(7-5-19)18-28-14-12-22(29)13-15-28/h4-11,22,29H,12-18H2,1-3H3,(H,25,26). The average molecular weight is 411 g/mol. The lowest BCUT2D eigenvalue weighted by Crippen LogP contribution is -2.38. The van der Waals surface area contributed by atoms with Crippen LogP contribution < -0.4 is 10.1 Å². The number of rotatable bonds is 7. The number of likely N-dealkylation sites (tertiary alicyclic amines) is 1. The first kappa shape index (κ1) is 22.1. The summed E-state index contributed by atoms with van der Waals surface area (Å²) < 4.78 is 5.22. The molecule has 1 aliphatic rings. The lowest BCUT2D eigenvalue weighted by atomic mass is 10.1. The molecule has 0 atom stereocenters. The highest BCUT2D eigenvalue weighted by molar-refractivity contribution is 5.79. The van der Waals surface area contributed by atoms with Crippen molar-refractivity contribution < 1.29 is 9.84 Å². The van der Waals surface area contributed by atoms with Gasteiger partial charge in [-0.05, 0) is 41.7 Å². The fourth-order valence-electron chi connectivity index (χ4n) is 3.74. The maximum atomic E-state index is 9.64. The van der Waals surface area contributed by atoms with E-state index in [4.69, 9.17) is 4.74 Å². The van der Waals surface area contributed by atoms with Crippen LogP contribution in [0.2, 0.25) is 0 Å². The quantitative estimate of drug-likeness (QED) is 0.543. The van der Waals surface area contributed by atoms with Gasteiger partial charge < -0.3 is 20.1 Å². The van der Waals surface area contributed by atoms with Crippen molar-refractivity contribution in [3.63, 3.8) is 0 Å². The first-order valence-electron chi connectivity index (χ1n) is 10.6. The minimum absolute atomic E-state index is 0.119. The van der Waals surface area contributed by atoms with E-state index in [0.717, 1.165) is 57.3 Å². The Hall–Kier alpha value is -2.57. The van der Waals surface area contributed by atoms with Crippen LogP contribution >= 0.6 is 0 Å². The monoisotopic (exact) mass is 410 g/mol. The fraction of sp³-hybridized carbons (Fsp3) is 0.458. The third kappa shape index (κ3) is 6.47. The number of nitrogens with one attached hydrogen (secondary N) is 1. The lowest BCUT2D eigenvalue weighted by molar-refractivity contribution is 0.0792. The molecule has 0 aliphatic carbocycles. The Labute approximate surface area is 180 Å². The van der Waals surface area contributed by atoms with Gasteiger partial charge in [0.2, 0.25) is 0 Å². The molecule has 6 heteroatoms.